The molecule has 3 atom stereocenters. The van der Waals surface area contributed by atoms with Gasteiger partial charge < -0.3 is 9.80 Å². The van der Waals surface area contributed by atoms with Crippen molar-refractivity contribution in [2.45, 2.75) is 25.8 Å². The van der Waals surface area contributed by atoms with E-state index in [1.54, 1.807) is 18.3 Å². The molecule has 7 heteroatoms. The van der Waals surface area contributed by atoms with Crippen molar-refractivity contribution in [2.75, 3.05) is 25.0 Å². The highest BCUT2D eigenvalue weighted by atomic mass is 79.9. The lowest BCUT2D eigenvalue weighted by Crippen LogP contribution is -2.52. The molecule has 1 aliphatic heterocycles. The molecule has 2 bridgehead atoms. The SMILES string of the molecule is CC(=O)N(C)[C@H]1[C@@H]2CC[C@H]1CN(c1nnc(Br)s1)C2. The number of rotatable bonds is 2. The van der Waals surface area contributed by atoms with E-state index in [0.717, 1.165) is 22.1 Å². The summed E-state index contributed by atoms with van der Waals surface area (Å²) in [7, 11) is 1.94. The second-order valence-electron chi connectivity index (χ2n) is 5.46. The van der Waals surface area contributed by atoms with Crippen LogP contribution in [0.2, 0.25) is 0 Å². The van der Waals surface area contributed by atoms with Crippen LogP contribution in [0.15, 0.2) is 3.92 Å². The number of hydrogen-bond acceptors (Lipinski definition) is 5. The van der Waals surface area contributed by atoms with E-state index in [2.05, 4.69) is 31.0 Å². The van der Waals surface area contributed by atoms with Crippen molar-refractivity contribution in [1.29, 1.82) is 0 Å². The van der Waals surface area contributed by atoms with E-state index in [9.17, 15) is 4.79 Å². The number of amides is 1. The zero-order valence-corrected chi connectivity index (χ0v) is 13.4. The van der Waals surface area contributed by atoms with Gasteiger partial charge in [0.05, 0.1) is 0 Å². The monoisotopic (exact) mass is 344 g/mol. The highest BCUT2D eigenvalue weighted by Crippen LogP contribution is 2.41. The zero-order chi connectivity index (χ0) is 13.6. The quantitative estimate of drug-likeness (QED) is 0.823. The minimum atomic E-state index is 0.175. The van der Waals surface area contributed by atoms with Crippen LogP contribution >= 0.6 is 27.3 Å². The Bertz CT molecular complexity index is 480. The van der Waals surface area contributed by atoms with Crippen molar-refractivity contribution in [3.05, 3.63) is 3.92 Å². The molecule has 0 spiro atoms. The topological polar surface area (TPSA) is 49.3 Å². The Labute approximate surface area is 125 Å². The summed E-state index contributed by atoms with van der Waals surface area (Å²) < 4.78 is 0.831. The second-order valence-corrected chi connectivity index (χ2v) is 7.69. The number of hydrogen-bond donors (Lipinski definition) is 0. The average molecular weight is 345 g/mol. The molecular formula is C12H17BrN4OS. The van der Waals surface area contributed by atoms with E-state index in [-0.39, 0.29) is 5.91 Å². The Morgan fingerprint density at radius 1 is 1.37 bits per heavy atom. The summed E-state index contributed by atoms with van der Waals surface area (Å²) in [5, 5.41) is 9.23. The van der Waals surface area contributed by atoms with Gasteiger partial charge in [-0.25, -0.2) is 0 Å². The molecule has 1 amide bonds. The summed E-state index contributed by atoms with van der Waals surface area (Å²) in [6.07, 6.45) is 2.42. The van der Waals surface area contributed by atoms with Crippen LogP contribution in [-0.2, 0) is 4.79 Å². The minimum Gasteiger partial charge on any atom is -0.346 e. The molecule has 0 unspecified atom stereocenters. The van der Waals surface area contributed by atoms with Crippen LogP contribution in [0.3, 0.4) is 0 Å². The molecule has 1 aromatic heterocycles. The lowest BCUT2D eigenvalue weighted by atomic mass is 9.91. The van der Waals surface area contributed by atoms with Gasteiger partial charge in [-0.1, -0.05) is 11.3 Å². The van der Waals surface area contributed by atoms with Crippen LogP contribution in [0.25, 0.3) is 0 Å². The van der Waals surface area contributed by atoms with Crippen molar-refractivity contribution in [3.63, 3.8) is 0 Å². The zero-order valence-electron chi connectivity index (χ0n) is 11.0. The first-order chi connectivity index (χ1) is 9.06. The number of nitrogens with zero attached hydrogens (tertiary/aromatic N) is 4. The predicted molar refractivity (Wildman–Crippen MR) is 78.3 cm³/mol. The number of anilines is 1. The fraction of sp³-hybridized carbons (Fsp3) is 0.750. The lowest BCUT2D eigenvalue weighted by Gasteiger charge is -2.41. The van der Waals surface area contributed by atoms with Crippen LogP contribution < -0.4 is 4.90 Å². The molecule has 0 radical (unpaired) electrons. The normalized spacial score (nSPS) is 29.6. The molecular weight excluding hydrogens is 328 g/mol. The molecule has 0 N–H and O–H groups in total. The van der Waals surface area contributed by atoms with E-state index < -0.39 is 0 Å². The molecule has 1 saturated carbocycles. The molecule has 2 fully saturated rings. The summed E-state index contributed by atoms with van der Waals surface area (Å²) in [6, 6.07) is 0.408. The van der Waals surface area contributed by atoms with Gasteiger partial charge in [0.15, 0.2) is 3.92 Å². The number of fused-ring (bicyclic) bond motifs is 2. The molecule has 5 nitrogen and oxygen atoms in total. The first kappa shape index (κ1) is 13.3. The Balaban J connectivity index is 1.76. The molecule has 3 rings (SSSR count). The predicted octanol–water partition coefficient (Wildman–Crippen LogP) is 1.99. The van der Waals surface area contributed by atoms with E-state index in [0.29, 0.717) is 17.9 Å². The molecule has 1 aromatic rings. The number of aromatic nitrogens is 2. The first-order valence-electron chi connectivity index (χ1n) is 6.53. The molecule has 19 heavy (non-hydrogen) atoms. The number of piperidine rings is 1. The van der Waals surface area contributed by atoms with Gasteiger partial charge in [-0.15, -0.1) is 10.2 Å². The summed E-state index contributed by atoms with van der Waals surface area (Å²) in [5.41, 5.74) is 0. The first-order valence-corrected chi connectivity index (χ1v) is 8.14. The Morgan fingerprint density at radius 3 is 2.47 bits per heavy atom. The third kappa shape index (κ3) is 2.38. The van der Waals surface area contributed by atoms with E-state index in [4.69, 9.17) is 0 Å². The van der Waals surface area contributed by atoms with Crippen molar-refractivity contribution in [1.82, 2.24) is 15.1 Å². The van der Waals surface area contributed by atoms with E-state index in [1.165, 1.54) is 12.8 Å². The van der Waals surface area contributed by atoms with Crippen molar-refractivity contribution in [2.24, 2.45) is 11.8 Å². The summed E-state index contributed by atoms with van der Waals surface area (Å²) in [5.74, 6) is 1.31. The molecule has 104 valence electrons. The third-order valence-electron chi connectivity index (χ3n) is 4.39. The van der Waals surface area contributed by atoms with Crippen LogP contribution in [0, 0.1) is 11.8 Å². The van der Waals surface area contributed by atoms with Gasteiger partial charge in [-0.2, -0.15) is 0 Å². The van der Waals surface area contributed by atoms with E-state index in [1.807, 2.05) is 11.9 Å². The van der Waals surface area contributed by atoms with Crippen LogP contribution in [0.5, 0.6) is 0 Å². The number of carbonyl (C=O) groups excluding carboxylic acids is 1. The van der Waals surface area contributed by atoms with Crippen molar-refractivity contribution < 1.29 is 4.79 Å². The van der Waals surface area contributed by atoms with Gasteiger partial charge in [0, 0.05) is 33.1 Å². The highest BCUT2D eigenvalue weighted by molar-refractivity contribution is 9.11. The fourth-order valence-corrected chi connectivity index (χ4v) is 4.62. The molecule has 0 aromatic carbocycles. The maximum atomic E-state index is 11.6. The molecule has 1 saturated heterocycles. The van der Waals surface area contributed by atoms with Gasteiger partial charge in [0.2, 0.25) is 11.0 Å². The molecule has 1 aliphatic carbocycles. The highest BCUT2D eigenvalue weighted by Gasteiger charge is 2.45. The van der Waals surface area contributed by atoms with Crippen LogP contribution in [-0.4, -0.2) is 47.2 Å². The largest absolute Gasteiger partial charge is 0.346 e. The van der Waals surface area contributed by atoms with Gasteiger partial charge in [-0.05, 0) is 40.6 Å². The molecule has 2 heterocycles. The van der Waals surface area contributed by atoms with Gasteiger partial charge in [0.25, 0.3) is 0 Å². The summed E-state index contributed by atoms with van der Waals surface area (Å²) in [4.78, 5) is 15.9. The standard InChI is InChI=1S/C12H17BrN4OS/c1-7(18)16(2)10-8-3-4-9(10)6-17(5-8)12-15-14-11(13)19-12/h8-10H,3-6H2,1-2H3/t8-,9+,10+. The Hall–Kier alpha value is -0.690. The minimum absolute atomic E-state index is 0.175. The molecule has 2 aliphatic rings. The van der Waals surface area contributed by atoms with Crippen LogP contribution in [0.4, 0.5) is 5.13 Å². The van der Waals surface area contributed by atoms with E-state index >= 15 is 0 Å². The van der Waals surface area contributed by atoms with Crippen molar-refractivity contribution in [3.8, 4) is 0 Å². The second kappa shape index (κ2) is 5.01. The maximum absolute atomic E-state index is 11.6. The summed E-state index contributed by atoms with van der Waals surface area (Å²) >= 11 is 4.95. The average Bonchev–Trinajstić information content (AvgIpc) is 2.90. The third-order valence-corrected chi connectivity index (χ3v) is 5.80. The van der Waals surface area contributed by atoms with Gasteiger partial charge in [0.1, 0.15) is 0 Å². The Morgan fingerprint density at radius 2 is 2.00 bits per heavy atom. The van der Waals surface area contributed by atoms with Crippen LogP contribution in [0.1, 0.15) is 19.8 Å². The summed E-state index contributed by atoms with van der Waals surface area (Å²) in [6.45, 7) is 3.63. The van der Waals surface area contributed by atoms with Gasteiger partial charge in [-0.3, -0.25) is 4.79 Å². The van der Waals surface area contributed by atoms with Gasteiger partial charge >= 0.3 is 0 Å². The number of halogens is 1. The lowest BCUT2D eigenvalue weighted by molar-refractivity contribution is -0.131. The fourth-order valence-electron chi connectivity index (χ4n) is 3.52. The van der Waals surface area contributed by atoms with Crippen molar-refractivity contribution >= 4 is 38.3 Å². The smallest absolute Gasteiger partial charge is 0.219 e. The Kier molecular flexibility index (Phi) is 3.51. The maximum Gasteiger partial charge on any atom is 0.219 e. The number of carbonyl (C=O) groups is 1.